The number of ketones is 1. The van der Waals surface area contributed by atoms with E-state index in [1.807, 2.05) is 0 Å². The van der Waals surface area contributed by atoms with E-state index in [1.165, 1.54) is 6.07 Å². The number of nitrogens with one attached hydrogen (secondary N) is 1. The molecule has 0 saturated carbocycles. The summed E-state index contributed by atoms with van der Waals surface area (Å²) in [7, 11) is 0. The summed E-state index contributed by atoms with van der Waals surface area (Å²) in [5.41, 5.74) is 0.901. The molecule has 3 nitrogen and oxygen atoms in total. The van der Waals surface area contributed by atoms with Crippen LogP contribution < -0.4 is 5.56 Å². The number of thioether (sulfide) groups is 1. The topological polar surface area (TPSA) is 49.9 Å². The van der Waals surface area contributed by atoms with Crippen molar-refractivity contribution in [3.8, 4) is 0 Å². The van der Waals surface area contributed by atoms with Gasteiger partial charge >= 0.3 is 0 Å². The van der Waals surface area contributed by atoms with Crippen molar-refractivity contribution in [3.05, 3.63) is 34.2 Å². The van der Waals surface area contributed by atoms with E-state index in [2.05, 4.69) is 11.9 Å². The van der Waals surface area contributed by atoms with Crippen molar-refractivity contribution in [2.75, 3.05) is 5.75 Å². The summed E-state index contributed by atoms with van der Waals surface area (Å²) in [6.45, 7) is 3.65. The van der Waals surface area contributed by atoms with Crippen LogP contribution in [0.3, 0.4) is 0 Å². The van der Waals surface area contributed by atoms with Crippen molar-refractivity contribution in [1.82, 2.24) is 4.98 Å². The zero-order valence-electron chi connectivity index (χ0n) is 8.95. The maximum absolute atomic E-state index is 11.1. The van der Waals surface area contributed by atoms with E-state index in [0.717, 1.165) is 11.3 Å². The normalized spacial score (nSPS) is 12.4. The Morgan fingerprint density at radius 3 is 2.73 bits per heavy atom. The van der Waals surface area contributed by atoms with Crippen LogP contribution in [-0.2, 0) is 4.79 Å². The zero-order valence-corrected chi connectivity index (χ0v) is 9.76. The van der Waals surface area contributed by atoms with Gasteiger partial charge in [0.2, 0.25) is 5.56 Å². The third-order valence-corrected chi connectivity index (χ3v) is 3.20. The van der Waals surface area contributed by atoms with E-state index < -0.39 is 0 Å². The molecular weight excluding hydrogens is 210 g/mol. The van der Waals surface area contributed by atoms with E-state index in [1.54, 1.807) is 30.9 Å². The predicted molar refractivity (Wildman–Crippen MR) is 63.2 cm³/mol. The second-order valence-electron chi connectivity index (χ2n) is 3.34. The minimum Gasteiger partial charge on any atom is -0.329 e. The minimum absolute atomic E-state index is 0.109. The smallest absolute Gasteiger partial charge is 0.247 e. The average molecular weight is 225 g/mol. The Bertz CT molecular complexity index is 366. The molecule has 1 atom stereocenters. The molecule has 0 amide bonds. The van der Waals surface area contributed by atoms with Gasteiger partial charge in [-0.1, -0.05) is 13.0 Å². The largest absolute Gasteiger partial charge is 0.329 e. The highest BCUT2D eigenvalue weighted by Crippen LogP contribution is 2.31. The summed E-state index contributed by atoms with van der Waals surface area (Å²) >= 11 is 1.72. The van der Waals surface area contributed by atoms with Gasteiger partial charge in [0.25, 0.3) is 0 Å². The Balaban J connectivity index is 2.83. The first-order valence-corrected chi connectivity index (χ1v) is 5.98. The van der Waals surface area contributed by atoms with Gasteiger partial charge in [0.05, 0.1) is 0 Å². The molecule has 1 unspecified atom stereocenters. The van der Waals surface area contributed by atoms with Crippen LogP contribution in [0.2, 0.25) is 0 Å². The van der Waals surface area contributed by atoms with Gasteiger partial charge in [-0.25, -0.2) is 0 Å². The van der Waals surface area contributed by atoms with Crippen molar-refractivity contribution < 1.29 is 4.79 Å². The summed E-state index contributed by atoms with van der Waals surface area (Å²) in [6, 6.07) is 3.29. The Morgan fingerprint density at radius 2 is 2.27 bits per heavy atom. The number of pyridine rings is 1. The third kappa shape index (κ3) is 3.91. The summed E-state index contributed by atoms with van der Waals surface area (Å²) in [5, 5.41) is 0.157. The molecule has 0 radical (unpaired) electrons. The third-order valence-electron chi connectivity index (χ3n) is 2.02. The van der Waals surface area contributed by atoms with Crippen molar-refractivity contribution in [1.29, 1.82) is 0 Å². The van der Waals surface area contributed by atoms with E-state index in [0.29, 0.717) is 6.42 Å². The lowest BCUT2D eigenvalue weighted by Gasteiger charge is -2.13. The van der Waals surface area contributed by atoms with Gasteiger partial charge in [0.1, 0.15) is 5.78 Å². The Labute approximate surface area is 93.3 Å². The number of aromatic amines is 1. The standard InChI is InChI=1S/C11H15NO2S/c1-3-15-10(6-8(2)13)9-4-5-11(14)12-7-9/h4-5,7,10H,3,6H2,1-2H3,(H,12,14). The van der Waals surface area contributed by atoms with Gasteiger partial charge in [-0.05, 0) is 18.2 Å². The van der Waals surface area contributed by atoms with Crippen molar-refractivity contribution in [2.45, 2.75) is 25.5 Å². The number of aromatic nitrogens is 1. The van der Waals surface area contributed by atoms with Crippen molar-refractivity contribution in [3.63, 3.8) is 0 Å². The number of Topliss-reactive ketones (excluding diaryl/α,β-unsaturated/α-hetero) is 1. The first-order chi connectivity index (χ1) is 7.13. The lowest BCUT2D eigenvalue weighted by atomic mass is 10.1. The summed E-state index contributed by atoms with van der Waals surface area (Å²) in [5.74, 6) is 1.13. The molecule has 4 heteroatoms. The summed E-state index contributed by atoms with van der Waals surface area (Å²) < 4.78 is 0. The highest BCUT2D eigenvalue weighted by atomic mass is 32.2. The number of carbonyl (C=O) groups excluding carboxylic acids is 1. The van der Waals surface area contributed by atoms with Crippen LogP contribution in [0.1, 0.15) is 31.1 Å². The second-order valence-corrected chi connectivity index (χ2v) is 4.82. The van der Waals surface area contributed by atoms with E-state index >= 15 is 0 Å². The molecule has 0 spiro atoms. The van der Waals surface area contributed by atoms with Crippen LogP contribution in [0.15, 0.2) is 23.1 Å². The quantitative estimate of drug-likeness (QED) is 0.835. The molecule has 0 bridgehead atoms. The molecule has 15 heavy (non-hydrogen) atoms. The first kappa shape index (κ1) is 12.0. The minimum atomic E-state index is -0.109. The number of hydrogen-bond acceptors (Lipinski definition) is 3. The number of carbonyl (C=O) groups is 1. The van der Waals surface area contributed by atoms with E-state index in [-0.39, 0.29) is 16.6 Å². The predicted octanol–water partition coefficient (Wildman–Crippen LogP) is 2.15. The van der Waals surface area contributed by atoms with Gasteiger partial charge in [-0.3, -0.25) is 9.59 Å². The van der Waals surface area contributed by atoms with Gasteiger partial charge in [0.15, 0.2) is 0 Å². The van der Waals surface area contributed by atoms with Crippen molar-refractivity contribution >= 4 is 17.5 Å². The fourth-order valence-electron chi connectivity index (χ4n) is 1.36. The molecule has 0 aliphatic rings. The summed E-state index contributed by atoms with van der Waals surface area (Å²) in [6.07, 6.45) is 2.21. The molecule has 1 N–H and O–H groups in total. The van der Waals surface area contributed by atoms with Crippen LogP contribution >= 0.6 is 11.8 Å². The van der Waals surface area contributed by atoms with Crippen LogP contribution in [0, 0.1) is 0 Å². The maximum Gasteiger partial charge on any atom is 0.247 e. The number of H-pyrrole nitrogens is 1. The summed E-state index contributed by atoms with van der Waals surface area (Å²) in [4.78, 5) is 24.6. The highest BCUT2D eigenvalue weighted by molar-refractivity contribution is 7.99. The fraction of sp³-hybridized carbons (Fsp3) is 0.455. The molecule has 0 saturated heterocycles. The molecule has 1 aromatic rings. The molecule has 1 heterocycles. The molecule has 0 aliphatic heterocycles. The second kappa shape index (κ2) is 5.75. The van der Waals surface area contributed by atoms with Gasteiger partial charge in [0, 0.05) is 23.9 Å². The molecule has 82 valence electrons. The molecule has 0 fully saturated rings. The lowest BCUT2D eigenvalue weighted by molar-refractivity contribution is -0.117. The maximum atomic E-state index is 11.1. The molecule has 1 aromatic heterocycles. The van der Waals surface area contributed by atoms with Crippen LogP contribution in [0.5, 0.6) is 0 Å². The Kier molecular flexibility index (Phi) is 4.62. The van der Waals surface area contributed by atoms with Gasteiger partial charge < -0.3 is 4.98 Å². The molecule has 1 rings (SSSR count). The van der Waals surface area contributed by atoms with E-state index in [4.69, 9.17) is 0 Å². The van der Waals surface area contributed by atoms with Crippen molar-refractivity contribution in [2.24, 2.45) is 0 Å². The fourth-order valence-corrected chi connectivity index (χ4v) is 2.45. The van der Waals surface area contributed by atoms with E-state index in [9.17, 15) is 9.59 Å². The van der Waals surface area contributed by atoms with Gasteiger partial charge in [-0.2, -0.15) is 11.8 Å². The Hall–Kier alpha value is -1.03. The molecular formula is C11H15NO2S. The van der Waals surface area contributed by atoms with Gasteiger partial charge in [-0.15, -0.1) is 0 Å². The monoisotopic (exact) mass is 225 g/mol. The molecule has 0 aliphatic carbocycles. The van der Waals surface area contributed by atoms with Crippen LogP contribution in [0.4, 0.5) is 0 Å². The molecule has 0 aromatic carbocycles. The van der Waals surface area contributed by atoms with Crippen LogP contribution in [0.25, 0.3) is 0 Å². The number of rotatable bonds is 5. The Morgan fingerprint density at radius 1 is 1.53 bits per heavy atom. The SMILES string of the molecule is CCSC(CC(C)=O)c1ccc(=O)[nH]c1. The first-order valence-electron chi connectivity index (χ1n) is 4.93. The van der Waals surface area contributed by atoms with Crippen LogP contribution in [-0.4, -0.2) is 16.5 Å². The highest BCUT2D eigenvalue weighted by Gasteiger charge is 2.13. The number of hydrogen-bond donors (Lipinski definition) is 1. The average Bonchev–Trinajstić information content (AvgIpc) is 2.17. The lowest BCUT2D eigenvalue weighted by Crippen LogP contribution is -2.07. The zero-order chi connectivity index (χ0) is 11.3.